The molecule has 0 amide bonds. The maximum atomic E-state index is 12.6. The minimum Gasteiger partial charge on any atom is -0.396 e. The van der Waals surface area contributed by atoms with Crippen LogP contribution in [0.15, 0.2) is 29.1 Å². The summed E-state index contributed by atoms with van der Waals surface area (Å²) in [6.07, 6.45) is 0.507. The molecule has 0 unspecified atom stereocenters. The van der Waals surface area contributed by atoms with E-state index in [2.05, 4.69) is 40.8 Å². The molecule has 0 radical (unpaired) electrons. The quantitative estimate of drug-likeness (QED) is 0.805. The molecule has 2 aromatic rings. The van der Waals surface area contributed by atoms with E-state index >= 15 is 0 Å². The van der Waals surface area contributed by atoms with Crippen LogP contribution in [0.3, 0.4) is 0 Å². The first-order valence-electron chi connectivity index (χ1n) is 10.7. The maximum Gasteiger partial charge on any atom is 0.252 e. The van der Waals surface area contributed by atoms with E-state index in [1.165, 1.54) is 0 Å². The molecule has 1 aromatic carbocycles. The van der Waals surface area contributed by atoms with Gasteiger partial charge in [0, 0.05) is 57.0 Å². The molecule has 6 heteroatoms. The number of aliphatic hydroxyl groups excluding tert-OH is 1. The van der Waals surface area contributed by atoms with Gasteiger partial charge in [0.05, 0.1) is 12.2 Å². The zero-order valence-electron chi connectivity index (χ0n) is 17.7. The molecule has 0 aliphatic carbocycles. The molecule has 6 nitrogen and oxygen atoms in total. The summed E-state index contributed by atoms with van der Waals surface area (Å²) in [6.45, 7) is 11.7. The Labute approximate surface area is 172 Å². The van der Waals surface area contributed by atoms with Crippen LogP contribution < -0.4 is 5.56 Å². The fourth-order valence-corrected chi connectivity index (χ4v) is 5.06. The Bertz CT molecular complexity index is 902. The summed E-state index contributed by atoms with van der Waals surface area (Å²) in [7, 11) is 0. The molecule has 29 heavy (non-hydrogen) atoms. The zero-order valence-corrected chi connectivity index (χ0v) is 17.7. The highest BCUT2D eigenvalue weighted by atomic mass is 16.5. The lowest BCUT2D eigenvalue weighted by molar-refractivity contribution is -0.0727. The lowest BCUT2D eigenvalue weighted by Crippen LogP contribution is -2.48. The first kappa shape index (κ1) is 20.5. The molecule has 2 saturated heterocycles. The molecular weight excluding hydrogens is 366 g/mol. The number of aryl methyl sites for hydroxylation is 1. The van der Waals surface area contributed by atoms with Gasteiger partial charge in [-0.15, -0.1) is 0 Å². The summed E-state index contributed by atoms with van der Waals surface area (Å²) in [4.78, 5) is 20.4. The fourth-order valence-electron chi connectivity index (χ4n) is 5.06. The topological polar surface area (TPSA) is 68.8 Å². The lowest BCUT2D eigenvalue weighted by Gasteiger charge is -2.37. The van der Waals surface area contributed by atoms with Crippen molar-refractivity contribution in [1.29, 1.82) is 0 Å². The van der Waals surface area contributed by atoms with Gasteiger partial charge >= 0.3 is 0 Å². The Balaban J connectivity index is 1.45. The van der Waals surface area contributed by atoms with E-state index in [0.29, 0.717) is 12.5 Å². The summed E-state index contributed by atoms with van der Waals surface area (Å²) in [5.74, 6) is 0.672. The number of rotatable bonds is 5. The Morgan fingerprint density at radius 3 is 2.52 bits per heavy atom. The molecule has 3 heterocycles. The summed E-state index contributed by atoms with van der Waals surface area (Å²) >= 11 is 0. The van der Waals surface area contributed by atoms with E-state index in [1.54, 1.807) is 0 Å². The SMILES string of the molecule is Cc1ccc2cc(CN3C[C@H](CO)[C@H](CN4C[C@@H](C)O[C@@H](C)C4)C3)c(=O)[nH]c2c1. The van der Waals surface area contributed by atoms with Crippen LogP contribution in [0, 0.1) is 18.8 Å². The molecule has 2 aliphatic rings. The van der Waals surface area contributed by atoms with Crippen LogP contribution in [-0.4, -0.2) is 71.4 Å². The second kappa shape index (κ2) is 8.56. The number of aromatic nitrogens is 1. The first-order valence-corrected chi connectivity index (χ1v) is 10.7. The summed E-state index contributed by atoms with van der Waals surface area (Å²) in [6, 6.07) is 8.16. The molecule has 4 atom stereocenters. The smallest absolute Gasteiger partial charge is 0.252 e. The van der Waals surface area contributed by atoms with E-state index in [0.717, 1.165) is 54.8 Å². The third-order valence-electron chi connectivity index (χ3n) is 6.35. The van der Waals surface area contributed by atoms with E-state index < -0.39 is 0 Å². The molecule has 1 aromatic heterocycles. The zero-order chi connectivity index (χ0) is 20.5. The Hall–Kier alpha value is -1.73. The fraction of sp³-hybridized carbons (Fsp3) is 0.609. The molecule has 0 spiro atoms. The van der Waals surface area contributed by atoms with Crippen molar-refractivity contribution in [3.05, 3.63) is 45.7 Å². The standard InChI is InChI=1S/C23H33N3O3/c1-15-4-5-18-7-19(23(28)24-22(18)6-15)10-26-12-20(21(13-26)14-27)11-25-8-16(2)29-17(3)9-25/h4-7,16-17,20-21,27H,8-14H2,1-3H3,(H,24,28)/t16-,17+,20-,21-/m1/s1. The Kier molecular flexibility index (Phi) is 6.06. The monoisotopic (exact) mass is 399 g/mol. The van der Waals surface area contributed by atoms with Gasteiger partial charge < -0.3 is 14.8 Å². The number of nitrogens with one attached hydrogen (secondary N) is 1. The Morgan fingerprint density at radius 2 is 1.79 bits per heavy atom. The van der Waals surface area contributed by atoms with Gasteiger partial charge in [0.2, 0.25) is 0 Å². The van der Waals surface area contributed by atoms with E-state index in [4.69, 9.17) is 4.74 Å². The van der Waals surface area contributed by atoms with Crippen molar-refractivity contribution < 1.29 is 9.84 Å². The van der Waals surface area contributed by atoms with Crippen molar-refractivity contribution >= 4 is 10.9 Å². The number of H-pyrrole nitrogens is 1. The number of fused-ring (bicyclic) bond motifs is 1. The molecule has 4 rings (SSSR count). The van der Waals surface area contributed by atoms with Crippen molar-refractivity contribution in [2.45, 2.75) is 39.5 Å². The van der Waals surface area contributed by atoms with Gasteiger partial charge in [0.1, 0.15) is 0 Å². The van der Waals surface area contributed by atoms with Gasteiger partial charge in [-0.3, -0.25) is 14.6 Å². The van der Waals surface area contributed by atoms with E-state index in [1.807, 2.05) is 19.1 Å². The van der Waals surface area contributed by atoms with Crippen LogP contribution in [0.5, 0.6) is 0 Å². The van der Waals surface area contributed by atoms with Crippen LogP contribution in [0.2, 0.25) is 0 Å². The van der Waals surface area contributed by atoms with Crippen LogP contribution in [-0.2, 0) is 11.3 Å². The van der Waals surface area contributed by atoms with Gasteiger partial charge in [0.25, 0.3) is 5.56 Å². The summed E-state index contributed by atoms with van der Waals surface area (Å²) < 4.78 is 5.85. The van der Waals surface area contributed by atoms with Crippen molar-refractivity contribution in [1.82, 2.24) is 14.8 Å². The third-order valence-corrected chi connectivity index (χ3v) is 6.35. The minimum atomic E-state index is -0.0112. The molecule has 158 valence electrons. The number of hydrogen-bond donors (Lipinski definition) is 2. The second-order valence-corrected chi connectivity index (χ2v) is 9.09. The third kappa shape index (κ3) is 4.72. The predicted molar refractivity (Wildman–Crippen MR) is 115 cm³/mol. The normalized spacial score (nSPS) is 29.0. The van der Waals surface area contributed by atoms with Crippen LogP contribution in [0.4, 0.5) is 0 Å². The van der Waals surface area contributed by atoms with Crippen LogP contribution in [0.25, 0.3) is 10.9 Å². The summed E-state index contributed by atoms with van der Waals surface area (Å²) in [5.41, 5.74) is 2.82. The number of pyridine rings is 1. The number of ether oxygens (including phenoxy) is 1. The average molecular weight is 400 g/mol. The van der Waals surface area contributed by atoms with Gasteiger partial charge in [-0.25, -0.2) is 0 Å². The van der Waals surface area contributed by atoms with Crippen molar-refractivity contribution in [2.24, 2.45) is 11.8 Å². The second-order valence-electron chi connectivity index (χ2n) is 9.09. The maximum absolute atomic E-state index is 12.6. The lowest BCUT2D eigenvalue weighted by atomic mass is 9.96. The number of morpholine rings is 1. The minimum absolute atomic E-state index is 0.0112. The van der Waals surface area contributed by atoms with Gasteiger partial charge in [0.15, 0.2) is 0 Å². The first-order chi connectivity index (χ1) is 13.9. The van der Waals surface area contributed by atoms with Crippen molar-refractivity contribution in [3.63, 3.8) is 0 Å². The van der Waals surface area contributed by atoms with E-state index in [-0.39, 0.29) is 30.3 Å². The number of nitrogens with zero attached hydrogens (tertiary/aromatic N) is 2. The van der Waals surface area contributed by atoms with Gasteiger partial charge in [-0.2, -0.15) is 0 Å². The molecule has 2 N–H and O–H groups in total. The molecule has 2 aliphatic heterocycles. The highest BCUT2D eigenvalue weighted by molar-refractivity contribution is 5.79. The Morgan fingerprint density at radius 1 is 1.07 bits per heavy atom. The molecular formula is C23H33N3O3. The molecule has 0 bridgehead atoms. The van der Waals surface area contributed by atoms with Crippen molar-refractivity contribution in [3.8, 4) is 0 Å². The number of likely N-dealkylation sites (tertiary alicyclic amines) is 1. The molecule has 0 saturated carbocycles. The van der Waals surface area contributed by atoms with Crippen molar-refractivity contribution in [2.75, 3.05) is 39.3 Å². The molecule has 2 fully saturated rings. The van der Waals surface area contributed by atoms with Gasteiger partial charge in [-0.1, -0.05) is 12.1 Å². The van der Waals surface area contributed by atoms with Gasteiger partial charge in [-0.05, 0) is 55.7 Å². The highest BCUT2D eigenvalue weighted by Crippen LogP contribution is 2.27. The van der Waals surface area contributed by atoms with Crippen LogP contribution in [0.1, 0.15) is 25.0 Å². The van der Waals surface area contributed by atoms with E-state index in [9.17, 15) is 9.90 Å². The number of hydrogen-bond acceptors (Lipinski definition) is 5. The number of aliphatic hydroxyl groups is 1. The number of benzene rings is 1. The highest BCUT2D eigenvalue weighted by Gasteiger charge is 2.35. The number of aromatic amines is 1. The van der Waals surface area contributed by atoms with Crippen LogP contribution >= 0.6 is 0 Å². The predicted octanol–water partition coefficient (Wildman–Crippen LogP) is 1.99. The summed E-state index contributed by atoms with van der Waals surface area (Å²) in [5, 5.41) is 11.0. The average Bonchev–Trinajstić information content (AvgIpc) is 3.03. The largest absolute Gasteiger partial charge is 0.396 e.